The standard InChI is InChI=1S/C7H11N3/c1-3-6-7(8)9-4-5(2)10-6/h4H,3H2,1-2H3,(H2,8,9). The Bertz CT molecular complexity index is 232. The summed E-state index contributed by atoms with van der Waals surface area (Å²) in [5, 5.41) is 0. The predicted octanol–water partition coefficient (Wildman–Crippen LogP) is 0.930. The molecule has 1 aromatic rings. The first-order valence-electron chi connectivity index (χ1n) is 3.32. The number of anilines is 1. The van der Waals surface area contributed by atoms with Crippen LogP contribution in [-0.2, 0) is 6.42 Å². The van der Waals surface area contributed by atoms with Gasteiger partial charge in [-0.15, -0.1) is 0 Å². The quantitative estimate of drug-likeness (QED) is 0.626. The molecule has 0 fully saturated rings. The van der Waals surface area contributed by atoms with Gasteiger partial charge in [0.05, 0.1) is 17.6 Å². The zero-order chi connectivity index (χ0) is 7.56. The molecule has 0 saturated carbocycles. The van der Waals surface area contributed by atoms with Crippen LogP contribution < -0.4 is 5.73 Å². The molecule has 0 saturated heterocycles. The maximum atomic E-state index is 5.53. The minimum atomic E-state index is 0.549. The summed E-state index contributed by atoms with van der Waals surface area (Å²) in [6, 6.07) is 0. The van der Waals surface area contributed by atoms with E-state index in [0.717, 1.165) is 17.8 Å². The molecule has 10 heavy (non-hydrogen) atoms. The molecule has 0 atom stereocenters. The maximum absolute atomic E-state index is 5.53. The minimum Gasteiger partial charge on any atom is -0.382 e. The van der Waals surface area contributed by atoms with Gasteiger partial charge >= 0.3 is 0 Å². The van der Waals surface area contributed by atoms with E-state index >= 15 is 0 Å². The summed E-state index contributed by atoms with van der Waals surface area (Å²) in [6.07, 6.45) is 2.52. The summed E-state index contributed by atoms with van der Waals surface area (Å²) >= 11 is 0. The number of rotatable bonds is 1. The van der Waals surface area contributed by atoms with Gasteiger partial charge in [-0.25, -0.2) is 4.98 Å². The molecule has 1 rings (SSSR count). The lowest BCUT2D eigenvalue weighted by molar-refractivity contribution is 0.977. The summed E-state index contributed by atoms with van der Waals surface area (Å²) in [6.45, 7) is 3.92. The van der Waals surface area contributed by atoms with E-state index in [0.29, 0.717) is 5.82 Å². The fourth-order valence-electron chi connectivity index (χ4n) is 0.797. The van der Waals surface area contributed by atoms with Crippen LogP contribution in [-0.4, -0.2) is 9.97 Å². The molecule has 1 heterocycles. The van der Waals surface area contributed by atoms with Crippen LogP contribution in [0.25, 0.3) is 0 Å². The van der Waals surface area contributed by atoms with Crippen molar-refractivity contribution in [1.29, 1.82) is 0 Å². The van der Waals surface area contributed by atoms with Gasteiger partial charge in [-0.1, -0.05) is 6.92 Å². The van der Waals surface area contributed by atoms with E-state index in [2.05, 4.69) is 9.97 Å². The summed E-state index contributed by atoms with van der Waals surface area (Å²) in [7, 11) is 0. The number of nitrogen functional groups attached to an aromatic ring is 1. The largest absolute Gasteiger partial charge is 0.382 e. The number of hydrogen-bond donors (Lipinski definition) is 1. The van der Waals surface area contributed by atoms with Crippen LogP contribution in [0.1, 0.15) is 18.3 Å². The number of hydrogen-bond acceptors (Lipinski definition) is 3. The molecule has 0 radical (unpaired) electrons. The summed E-state index contributed by atoms with van der Waals surface area (Å²) in [5.74, 6) is 0.549. The van der Waals surface area contributed by atoms with Crippen molar-refractivity contribution in [3.63, 3.8) is 0 Å². The fraction of sp³-hybridized carbons (Fsp3) is 0.429. The van der Waals surface area contributed by atoms with E-state index in [-0.39, 0.29) is 0 Å². The Morgan fingerprint density at radius 2 is 2.30 bits per heavy atom. The zero-order valence-corrected chi connectivity index (χ0v) is 6.26. The van der Waals surface area contributed by atoms with Gasteiger partial charge in [-0.05, 0) is 13.3 Å². The molecular formula is C7H11N3. The van der Waals surface area contributed by atoms with E-state index < -0.39 is 0 Å². The molecule has 0 aliphatic heterocycles. The third kappa shape index (κ3) is 1.23. The molecular weight excluding hydrogens is 126 g/mol. The summed E-state index contributed by atoms with van der Waals surface area (Å²) < 4.78 is 0. The van der Waals surface area contributed by atoms with Crippen molar-refractivity contribution in [2.75, 3.05) is 5.73 Å². The minimum absolute atomic E-state index is 0.549. The van der Waals surface area contributed by atoms with Crippen LogP contribution in [0.5, 0.6) is 0 Å². The van der Waals surface area contributed by atoms with Gasteiger partial charge in [-0.3, -0.25) is 4.98 Å². The Morgan fingerprint density at radius 3 is 2.80 bits per heavy atom. The van der Waals surface area contributed by atoms with Gasteiger partial charge in [0, 0.05) is 0 Å². The Kier molecular flexibility index (Phi) is 1.85. The highest BCUT2D eigenvalue weighted by Gasteiger charge is 1.97. The number of nitrogens with two attached hydrogens (primary N) is 1. The van der Waals surface area contributed by atoms with Crippen LogP contribution in [0.4, 0.5) is 5.82 Å². The monoisotopic (exact) mass is 137 g/mol. The van der Waals surface area contributed by atoms with Gasteiger partial charge in [0.15, 0.2) is 0 Å². The van der Waals surface area contributed by atoms with Crippen molar-refractivity contribution in [1.82, 2.24) is 9.97 Å². The zero-order valence-electron chi connectivity index (χ0n) is 6.26. The Hall–Kier alpha value is -1.12. The van der Waals surface area contributed by atoms with Crippen molar-refractivity contribution in [2.45, 2.75) is 20.3 Å². The van der Waals surface area contributed by atoms with Crippen molar-refractivity contribution >= 4 is 5.82 Å². The molecule has 0 aromatic carbocycles. The van der Waals surface area contributed by atoms with Crippen molar-refractivity contribution in [3.05, 3.63) is 17.6 Å². The van der Waals surface area contributed by atoms with Crippen LogP contribution in [0.15, 0.2) is 6.20 Å². The molecule has 0 unspecified atom stereocenters. The van der Waals surface area contributed by atoms with Gasteiger partial charge in [-0.2, -0.15) is 0 Å². The fourth-order valence-corrected chi connectivity index (χ4v) is 0.797. The van der Waals surface area contributed by atoms with E-state index in [9.17, 15) is 0 Å². The second-order valence-electron chi connectivity index (χ2n) is 2.20. The molecule has 0 spiro atoms. The highest BCUT2D eigenvalue weighted by atomic mass is 14.9. The van der Waals surface area contributed by atoms with Gasteiger partial charge in [0.2, 0.25) is 0 Å². The Morgan fingerprint density at radius 1 is 1.60 bits per heavy atom. The molecule has 0 aliphatic rings. The van der Waals surface area contributed by atoms with Crippen LogP contribution in [0.3, 0.4) is 0 Å². The first kappa shape index (κ1) is 6.99. The second-order valence-corrected chi connectivity index (χ2v) is 2.20. The lowest BCUT2D eigenvalue weighted by Gasteiger charge is -1.99. The maximum Gasteiger partial charge on any atom is 0.145 e. The van der Waals surface area contributed by atoms with Crippen LogP contribution in [0, 0.1) is 6.92 Å². The van der Waals surface area contributed by atoms with Gasteiger partial charge in [0.25, 0.3) is 0 Å². The Labute approximate surface area is 60.3 Å². The third-order valence-corrected chi connectivity index (χ3v) is 1.33. The molecule has 0 aliphatic carbocycles. The lowest BCUT2D eigenvalue weighted by atomic mass is 10.3. The van der Waals surface area contributed by atoms with Gasteiger partial charge in [0.1, 0.15) is 5.82 Å². The molecule has 1 aromatic heterocycles. The molecule has 0 amide bonds. The SMILES string of the molecule is CCc1nc(C)cnc1N. The Balaban J connectivity index is 3.09. The van der Waals surface area contributed by atoms with E-state index in [1.54, 1.807) is 6.20 Å². The third-order valence-electron chi connectivity index (χ3n) is 1.33. The van der Waals surface area contributed by atoms with E-state index in [4.69, 9.17) is 5.73 Å². The van der Waals surface area contributed by atoms with Crippen LogP contribution >= 0.6 is 0 Å². The predicted molar refractivity (Wildman–Crippen MR) is 40.6 cm³/mol. The summed E-state index contributed by atoms with van der Waals surface area (Å²) in [4.78, 5) is 8.17. The number of aromatic nitrogens is 2. The average molecular weight is 137 g/mol. The molecule has 54 valence electrons. The molecule has 2 N–H and O–H groups in total. The number of aryl methyl sites for hydroxylation is 2. The van der Waals surface area contributed by atoms with E-state index in [1.807, 2.05) is 13.8 Å². The topological polar surface area (TPSA) is 51.8 Å². The van der Waals surface area contributed by atoms with E-state index in [1.165, 1.54) is 0 Å². The number of nitrogens with zero attached hydrogens (tertiary/aromatic N) is 2. The highest BCUT2D eigenvalue weighted by Crippen LogP contribution is 2.04. The first-order valence-corrected chi connectivity index (χ1v) is 3.32. The molecule has 0 bridgehead atoms. The second kappa shape index (κ2) is 2.64. The molecule has 3 heteroatoms. The lowest BCUT2D eigenvalue weighted by Crippen LogP contribution is -2.00. The first-order chi connectivity index (χ1) is 4.74. The highest BCUT2D eigenvalue weighted by molar-refractivity contribution is 5.33. The average Bonchev–Trinajstić information content (AvgIpc) is 1.94. The summed E-state index contributed by atoms with van der Waals surface area (Å²) in [5.41, 5.74) is 7.34. The smallest absolute Gasteiger partial charge is 0.145 e. The van der Waals surface area contributed by atoms with Crippen LogP contribution in [0.2, 0.25) is 0 Å². The molecule has 3 nitrogen and oxygen atoms in total. The van der Waals surface area contributed by atoms with Crippen molar-refractivity contribution in [3.8, 4) is 0 Å². The van der Waals surface area contributed by atoms with Crippen molar-refractivity contribution in [2.24, 2.45) is 0 Å². The normalized spacial score (nSPS) is 9.80. The van der Waals surface area contributed by atoms with Crippen molar-refractivity contribution < 1.29 is 0 Å². The van der Waals surface area contributed by atoms with Gasteiger partial charge < -0.3 is 5.73 Å².